The highest BCUT2D eigenvalue weighted by molar-refractivity contribution is 6.46. The highest BCUT2D eigenvalue weighted by atomic mass is 16.5. The second-order valence-electron chi connectivity index (χ2n) is 6.02. The molecule has 2 rings (SSSR count). The van der Waals surface area contributed by atoms with Gasteiger partial charge in [0.15, 0.2) is 0 Å². The molecule has 0 aromatic carbocycles. The molecule has 0 aliphatic carbocycles. The maximum atomic E-state index is 10.0. The molecule has 1 N–H and O–H groups in total. The van der Waals surface area contributed by atoms with Gasteiger partial charge >= 0.3 is 7.48 Å². The molecule has 0 spiro atoms. The predicted molar refractivity (Wildman–Crippen MR) is 84.3 cm³/mol. The minimum atomic E-state index is -0.938. The summed E-state index contributed by atoms with van der Waals surface area (Å²) in [7, 11) is 1.62. The minimum absolute atomic E-state index is 0.685. The van der Waals surface area contributed by atoms with Crippen LogP contribution < -0.4 is 5.46 Å². The standard InChI is InChI=1S/C16H20BN2O2/c1-15(2,20)16(3,4)21-17-13-7-8-14(19-11-13)12-6-5-9-18-10-12/h5-11,20H,1-4H3. The lowest BCUT2D eigenvalue weighted by molar-refractivity contribution is -0.0893. The van der Waals surface area contributed by atoms with E-state index in [1.54, 1.807) is 39.9 Å². The first-order chi connectivity index (χ1) is 9.79. The van der Waals surface area contributed by atoms with Gasteiger partial charge in [-0.05, 0) is 51.4 Å². The minimum Gasteiger partial charge on any atom is -0.427 e. The second-order valence-corrected chi connectivity index (χ2v) is 6.02. The first kappa shape index (κ1) is 15.7. The molecule has 0 atom stereocenters. The average Bonchev–Trinajstić information content (AvgIpc) is 2.45. The molecular weight excluding hydrogens is 263 g/mol. The summed E-state index contributed by atoms with van der Waals surface area (Å²) < 4.78 is 5.70. The lowest BCUT2D eigenvalue weighted by atomic mass is 9.83. The van der Waals surface area contributed by atoms with E-state index in [-0.39, 0.29) is 0 Å². The van der Waals surface area contributed by atoms with Crippen LogP contribution in [0.25, 0.3) is 11.3 Å². The molecule has 4 nitrogen and oxygen atoms in total. The first-order valence-corrected chi connectivity index (χ1v) is 6.89. The molecule has 0 saturated carbocycles. The van der Waals surface area contributed by atoms with Crippen molar-refractivity contribution < 1.29 is 9.76 Å². The average molecular weight is 283 g/mol. The van der Waals surface area contributed by atoms with E-state index in [0.717, 1.165) is 16.7 Å². The van der Waals surface area contributed by atoms with Crippen molar-refractivity contribution >= 4 is 12.9 Å². The van der Waals surface area contributed by atoms with Crippen LogP contribution in [0.5, 0.6) is 0 Å². The van der Waals surface area contributed by atoms with Gasteiger partial charge in [-0.1, -0.05) is 6.07 Å². The fourth-order valence-electron chi connectivity index (χ4n) is 1.52. The first-order valence-electron chi connectivity index (χ1n) is 6.89. The molecular formula is C16H20BN2O2. The fourth-order valence-corrected chi connectivity index (χ4v) is 1.52. The summed E-state index contributed by atoms with van der Waals surface area (Å²) in [5.74, 6) is 0. The molecule has 2 aromatic heterocycles. The molecule has 2 heterocycles. The summed E-state index contributed by atoms with van der Waals surface area (Å²) in [5, 5.41) is 10.0. The van der Waals surface area contributed by atoms with Crippen molar-refractivity contribution in [2.24, 2.45) is 0 Å². The van der Waals surface area contributed by atoms with Crippen LogP contribution in [-0.4, -0.2) is 33.8 Å². The highest BCUT2D eigenvalue weighted by Gasteiger charge is 2.35. The molecule has 0 unspecified atom stereocenters. The highest BCUT2D eigenvalue weighted by Crippen LogP contribution is 2.24. The Morgan fingerprint density at radius 3 is 2.38 bits per heavy atom. The van der Waals surface area contributed by atoms with E-state index >= 15 is 0 Å². The molecule has 0 aliphatic rings. The van der Waals surface area contributed by atoms with Crippen molar-refractivity contribution in [3.05, 3.63) is 42.9 Å². The third-order valence-corrected chi connectivity index (χ3v) is 3.71. The lowest BCUT2D eigenvalue weighted by Gasteiger charge is -2.37. The second kappa shape index (κ2) is 5.96. The third-order valence-electron chi connectivity index (χ3n) is 3.71. The molecule has 2 aromatic rings. The van der Waals surface area contributed by atoms with Crippen LogP contribution in [0.2, 0.25) is 0 Å². The molecule has 0 amide bonds. The van der Waals surface area contributed by atoms with Crippen molar-refractivity contribution in [1.82, 2.24) is 9.97 Å². The summed E-state index contributed by atoms with van der Waals surface area (Å²) >= 11 is 0. The Hall–Kier alpha value is -1.72. The summed E-state index contributed by atoms with van der Waals surface area (Å²) in [6, 6.07) is 7.69. The smallest absolute Gasteiger partial charge is 0.332 e. The van der Waals surface area contributed by atoms with Gasteiger partial charge in [-0.25, -0.2) is 0 Å². The Labute approximate surface area is 126 Å². The molecule has 0 bridgehead atoms. The van der Waals surface area contributed by atoms with Crippen LogP contribution >= 0.6 is 0 Å². The molecule has 21 heavy (non-hydrogen) atoms. The zero-order valence-electron chi connectivity index (χ0n) is 12.9. The zero-order valence-corrected chi connectivity index (χ0v) is 12.9. The van der Waals surface area contributed by atoms with E-state index in [1.807, 2.05) is 38.1 Å². The SMILES string of the molecule is CC(C)(O)C(C)(C)O[B]c1ccc(-c2cccnc2)nc1. The van der Waals surface area contributed by atoms with Gasteiger partial charge in [0.2, 0.25) is 0 Å². The normalized spacial score (nSPS) is 12.2. The number of hydrogen-bond acceptors (Lipinski definition) is 4. The summed E-state index contributed by atoms with van der Waals surface area (Å²) in [6.07, 6.45) is 5.25. The van der Waals surface area contributed by atoms with Crippen LogP contribution in [0.15, 0.2) is 42.9 Å². The van der Waals surface area contributed by atoms with Crippen molar-refractivity contribution in [2.75, 3.05) is 0 Å². The van der Waals surface area contributed by atoms with E-state index in [9.17, 15) is 5.11 Å². The predicted octanol–water partition coefficient (Wildman–Crippen LogP) is 1.95. The topological polar surface area (TPSA) is 55.2 Å². The fraction of sp³-hybridized carbons (Fsp3) is 0.375. The molecule has 0 fully saturated rings. The van der Waals surface area contributed by atoms with Crippen LogP contribution in [0.3, 0.4) is 0 Å². The molecule has 5 heteroatoms. The Morgan fingerprint density at radius 1 is 1.10 bits per heavy atom. The van der Waals surface area contributed by atoms with Gasteiger partial charge in [-0.15, -0.1) is 0 Å². The van der Waals surface area contributed by atoms with Gasteiger partial charge in [0.1, 0.15) is 0 Å². The van der Waals surface area contributed by atoms with Crippen molar-refractivity contribution in [3.63, 3.8) is 0 Å². The maximum Gasteiger partial charge on any atom is 0.332 e. The van der Waals surface area contributed by atoms with Crippen molar-refractivity contribution in [2.45, 2.75) is 38.9 Å². The number of nitrogens with zero attached hydrogens (tertiary/aromatic N) is 2. The number of hydrogen-bond donors (Lipinski definition) is 1. The number of aromatic nitrogens is 2. The molecule has 109 valence electrons. The van der Waals surface area contributed by atoms with Gasteiger partial charge in [0.05, 0.1) is 16.9 Å². The van der Waals surface area contributed by atoms with Crippen LogP contribution in [0.4, 0.5) is 0 Å². The van der Waals surface area contributed by atoms with Crippen molar-refractivity contribution in [3.8, 4) is 11.3 Å². The Kier molecular flexibility index (Phi) is 4.44. The van der Waals surface area contributed by atoms with Crippen LogP contribution in [0.1, 0.15) is 27.7 Å². The van der Waals surface area contributed by atoms with Crippen LogP contribution in [-0.2, 0) is 4.65 Å². The van der Waals surface area contributed by atoms with E-state index < -0.39 is 11.2 Å². The molecule has 0 saturated heterocycles. The van der Waals surface area contributed by atoms with Gasteiger partial charge in [-0.3, -0.25) is 9.97 Å². The Morgan fingerprint density at radius 2 is 1.86 bits per heavy atom. The maximum absolute atomic E-state index is 10.0. The van der Waals surface area contributed by atoms with Gasteiger partial charge < -0.3 is 9.76 Å². The summed E-state index contributed by atoms with van der Waals surface area (Å²) in [5.41, 5.74) is 1.06. The molecule has 0 aliphatic heterocycles. The molecule has 1 radical (unpaired) electrons. The number of rotatable bonds is 5. The van der Waals surface area contributed by atoms with Crippen LogP contribution in [0, 0.1) is 0 Å². The number of aliphatic hydroxyl groups is 1. The monoisotopic (exact) mass is 283 g/mol. The van der Waals surface area contributed by atoms with E-state index in [4.69, 9.17) is 4.65 Å². The summed E-state index contributed by atoms with van der Waals surface area (Å²) in [6.45, 7) is 7.15. The summed E-state index contributed by atoms with van der Waals surface area (Å²) in [4.78, 5) is 8.48. The van der Waals surface area contributed by atoms with Crippen molar-refractivity contribution in [1.29, 1.82) is 0 Å². The van der Waals surface area contributed by atoms with E-state index in [2.05, 4.69) is 9.97 Å². The number of pyridine rings is 2. The van der Waals surface area contributed by atoms with Gasteiger partial charge in [0.25, 0.3) is 0 Å². The van der Waals surface area contributed by atoms with E-state index in [0.29, 0.717) is 0 Å². The quantitative estimate of drug-likeness (QED) is 0.852. The largest absolute Gasteiger partial charge is 0.427 e. The van der Waals surface area contributed by atoms with E-state index in [1.165, 1.54) is 0 Å². The Balaban J connectivity index is 2.04. The van der Waals surface area contributed by atoms with Gasteiger partial charge in [-0.2, -0.15) is 0 Å². The third kappa shape index (κ3) is 3.89. The lowest BCUT2D eigenvalue weighted by Crippen LogP contribution is -2.49. The Bertz CT molecular complexity index is 577. The van der Waals surface area contributed by atoms with Gasteiger partial charge in [0, 0.05) is 24.2 Å². The zero-order chi connectivity index (χ0) is 15.5.